The Balaban J connectivity index is 2.59. The standard InChI is InChI=1S/C15H23NO3/c1-10-7-11(5-6-13(10)14(18)19)16-9-12(17)8-15(2,3)4/h5-7,12,16-17H,8-9H2,1-4H3,(H,18,19). The van der Waals surface area contributed by atoms with Gasteiger partial charge in [-0.3, -0.25) is 0 Å². The molecule has 0 saturated carbocycles. The Hall–Kier alpha value is -1.55. The number of nitrogens with one attached hydrogen (secondary N) is 1. The summed E-state index contributed by atoms with van der Waals surface area (Å²) in [5.74, 6) is -0.920. The number of aliphatic hydroxyl groups is 1. The maximum absolute atomic E-state index is 10.9. The predicted octanol–water partition coefficient (Wildman–Crippen LogP) is 2.90. The van der Waals surface area contributed by atoms with Crippen LogP contribution in [-0.4, -0.2) is 28.8 Å². The number of hydrogen-bond donors (Lipinski definition) is 3. The van der Waals surface area contributed by atoms with Crippen LogP contribution in [0.4, 0.5) is 5.69 Å². The molecule has 0 aliphatic carbocycles. The molecule has 0 fully saturated rings. The smallest absolute Gasteiger partial charge is 0.335 e. The highest BCUT2D eigenvalue weighted by atomic mass is 16.4. The highest BCUT2D eigenvalue weighted by Crippen LogP contribution is 2.21. The lowest BCUT2D eigenvalue weighted by Gasteiger charge is -2.22. The van der Waals surface area contributed by atoms with Gasteiger partial charge in [-0.1, -0.05) is 20.8 Å². The molecule has 1 aromatic rings. The fourth-order valence-electron chi connectivity index (χ4n) is 2.03. The number of aryl methyl sites for hydroxylation is 1. The summed E-state index contributed by atoms with van der Waals surface area (Å²) in [5, 5.41) is 22.0. The molecule has 0 aromatic heterocycles. The van der Waals surface area contributed by atoms with Gasteiger partial charge >= 0.3 is 5.97 Å². The predicted molar refractivity (Wildman–Crippen MR) is 76.7 cm³/mol. The first-order valence-corrected chi connectivity index (χ1v) is 6.45. The summed E-state index contributed by atoms with van der Waals surface area (Å²) >= 11 is 0. The van der Waals surface area contributed by atoms with Crippen molar-refractivity contribution in [2.75, 3.05) is 11.9 Å². The minimum Gasteiger partial charge on any atom is -0.478 e. The second-order valence-electron chi connectivity index (χ2n) is 6.13. The van der Waals surface area contributed by atoms with Crippen molar-refractivity contribution in [2.24, 2.45) is 5.41 Å². The third-order valence-electron chi connectivity index (χ3n) is 2.85. The van der Waals surface area contributed by atoms with Crippen LogP contribution in [0, 0.1) is 12.3 Å². The molecule has 0 aliphatic heterocycles. The van der Waals surface area contributed by atoms with E-state index >= 15 is 0 Å². The minimum absolute atomic E-state index is 0.0875. The van der Waals surface area contributed by atoms with E-state index < -0.39 is 12.1 Å². The van der Waals surface area contributed by atoms with Crippen molar-refractivity contribution in [3.63, 3.8) is 0 Å². The molecule has 19 heavy (non-hydrogen) atoms. The summed E-state index contributed by atoms with van der Waals surface area (Å²) in [7, 11) is 0. The van der Waals surface area contributed by atoms with E-state index in [1.165, 1.54) is 0 Å². The van der Waals surface area contributed by atoms with Crippen LogP contribution in [0.3, 0.4) is 0 Å². The van der Waals surface area contributed by atoms with E-state index in [1.54, 1.807) is 25.1 Å². The van der Waals surface area contributed by atoms with Crippen molar-refractivity contribution in [2.45, 2.75) is 40.2 Å². The Morgan fingerprint density at radius 2 is 2.00 bits per heavy atom. The molecular formula is C15H23NO3. The van der Waals surface area contributed by atoms with Crippen LogP contribution in [0.5, 0.6) is 0 Å². The molecule has 1 aromatic carbocycles. The SMILES string of the molecule is Cc1cc(NCC(O)CC(C)(C)C)ccc1C(=O)O. The van der Waals surface area contributed by atoms with E-state index in [0.29, 0.717) is 24.1 Å². The first-order chi connectivity index (χ1) is 8.69. The molecule has 0 bridgehead atoms. The van der Waals surface area contributed by atoms with Gasteiger partial charge in [-0.15, -0.1) is 0 Å². The van der Waals surface area contributed by atoms with Gasteiger partial charge in [-0.2, -0.15) is 0 Å². The molecule has 0 spiro atoms. The summed E-state index contributed by atoms with van der Waals surface area (Å²) in [6.45, 7) is 8.48. The van der Waals surface area contributed by atoms with Crippen LogP contribution in [0.2, 0.25) is 0 Å². The number of benzene rings is 1. The summed E-state index contributed by atoms with van der Waals surface area (Å²) in [6.07, 6.45) is 0.297. The zero-order chi connectivity index (χ0) is 14.6. The summed E-state index contributed by atoms with van der Waals surface area (Å²) < 4.78 is 0. The van der Waals surface area contributed by atoms with Gasteiger partial charge < -0.3 is 15.5 Å². The molecule has 0 saturated heterocycles. The van der Waals surface area contributed by atoms with Gasteiger partial charge in [0.1, 0.15) is 0 Å². The van der Waals surface area contributed by atoms with Crippen LogP contribution in [0.1, 0.15) is 43.1 Å². The number of carbonyl (C=O) groups is 1. The molecular weight excluding hydrogens is 242 g/mol. The van der Waals surface area contributed by atoms with Gasteiger partial charge in [-0.25, -0.2) is 4.79 Å². The molecule has 106 valence electrons. The Labute approximate surface area is 114 Å². The van der Waals surface area contributed by atoms with Gasteiger partial charge in [0.25, 0.3) is 0 Å². The molecule has 1 unspecified atom stereocenters. The van der Waals surface area contributed by atoms with E-state index in [4.69, 9.17) is 5.11 Å². The average Bonchev–Trinajstić information content (AvgIpc) is 2.23. The Morgan fingerprint density at radius 1 is 1.37 bits per heavy atom. The van der Waals surface area contributed by atoms with E-state index in [0.717, 1.165) is 5.69 Å². The van der Waals surface area contributed by atoms with Crippen LogP contribution < -0.4 is 5.32 Å². The molecule has 4 nitrogen and oxygen atoms in total. The topological polar surface area (TPSA) is 69.6 Å². The largest absolute Gasteiger partial charge is 0.478 e. The third kappa shape index (κ3) is 5.30. The molecule has 0 heterocycles. The zero-order valence-electron chi connectivity index (χ0n) is 12.0. The van der Waals surface area contributed by atoms with Crippen molar-refractivity contribution in [3.05, 3.63) is 29.3 Å². The number of carboxylic acids is 1. The summed E-state index contributed by atoms with van der Waals surface area (Å²) in [4.78, 5) is 10.9. The van der Waals surface area contributed by atoms with Gasteiger partial charge in [-0.05, 0) is 42.5 Å². The highest BCUT2D eigenvalue weighted by Gasteiger charge is 2.16. The van der Waals surface area contributed by atoms with Crippen molar-refractivity contribution in [1.29, 1.82) is 0 Å². The number of hydrogen-bond acceptors (Lipinski definition) is 3. The second kappa shape index (κ2) is 6.06. The van der Waals surface area contributed by atoms with Crippen molar-refractivity contribution in [3.8, 4) is 0 Å². The van der Waals surface area contributed by atoms with Gasteiger partial charge in [0, 0.05) is 12.2 Å². The average molecular weight is 265 g/mol. The lowest BCUT2D eigenvalue weighted by molar-refractivity contribution is 0.0696. The van der Waals surface area contributed by atoms with Gasteiger partial charge in [0.2, 0.25) is 0 Å². The van der Waals surface area contributed by atoms with Crippen LogP contribution in [0.15, 0.2) is 18.2 Å². The normalized spacial score (nSPS) is 13.1. The van der Waals surface area contributed by atoms with E-state index in [1.807, 2.05) is 0 Å². The third-order valence-corrected chi connectivity index (χ3v) is 2.85. The van der Waals surface area contributed by atoms with E-state index in [-0.39, 0.29) is 5.41 Å². The fraction of sp³-hybridized carbons (Fsp3) is 0.533. The lowest BCUT2D eigenvalue weighted by atomic mass is 9.89. The van der Waals surface area contributed by atoms with Gasteiger partial charge in [0.05, 0.1) is 11.7 Å². The van der Waals surface area contributed by atoms with Crippen LogP contribution >= 0.6 is 0 Å². The van der Waals surface area contributed by atoms with Crippen molar-refractivity contribution < 1.29 is 15.0 Å². The monoisotopic (exact) mass is 265 g/mol. The molecule has 4 heteroatoms. The Kier molecular flexibility index (Phi) is 4.95. The molecule has 0 radical (unpaired) electrons. The first-order valence-electron chi connectivity index (χ1n) is 6.45. The maximum Gasteiger partial charge on any atom is 0.335 e. The molecule has 1 rings (SSSR count). The number of carboxylic acid groups (broad SMARTS) is 1. The Bertz CT molecular complexity index is 449. The minimum atomic E-state index is -0.920. The lowest BCUT2D eigenvalue weighted by Crippen LogP contribution is -2.25. The number of rotatable bonds is 5. The van der Waals surface area contributed by atoms with E-state index in [9.17, 15) is 9.90 Å². The second-order valence-corrected chi connectivity index (χ2v) is 6.13. The Morgan fingerprint density at radius 3 is 2.47 bits per heavy atom. The molecule has 1 atom stereocenters. The van der Waals surface area contributed by atoms with Gasteiger partial charge in [0.15, 0.2) is 0 Å². The molecule has 3 N–H and O–H groups in total. The van der Waals surface area contributed by atoms with E-state index in [2.05, 4.69) is 26.1 Å². The zero-order valence-corrected chi connectivity index (χ0v) is 12.0. The molecule has 0 aliphatic rings. The fourth-order valence-corrected chi connectivity index (χ4v) is 2.03. The van der Waals surface area contributed by atoms with Crippen LogP contribution in [0.25, 0.3) is 0 Å². The molecule has 0 amide bonds. The van der Waals surface area contributed by atoms with Crippen molar-refractivity contribution >= 4 is 11.7 Å². The number of anilines is 1. The first kappa shape index (κ1) is 15.5. The number of aliphatic hydroxyl groups excluding tert-OH is 1. The summed E-state index contributed by atoms with van der Waals surface area (Å²) in [5.41, 5.74) is 1.93. The summed E-state index contributed by atoms with van der Waals surface area (Å²) in [6, 6.07) is 5.09. The maximum atomic E-state index is 10.9. The number of aromatic carboxylic acids is 1. The van der Waals surface area contributed by atoms with Crippen molar-refractivity contribution in [1.82, 2.24) is 0 Å². The van der Waals surface area contributed by atoms with Crippen LogP contribution in [-0.2, 0) is 0 Å². The highest BCUT2D eigenvalue weighted by molar-refractivity contribution is 5.89. The quantitative estimate of drug-likeness (QED) is 0.765.